The van der Waals surface area contributed by atoms with Gasteiger partial charge >= 0.3 is 0 Å². The summed E-state index contributed by atoms with van der Waals surface area (Å²) in [5, 5.41) is 4.86. The second-order valence-electron chi connectivity index (χ2n) is 5.70. The number of nitrogens with one attached hydrogen (secondary N) is 2. The Balaban J connectivity index is 1.70. The van der Waals surface area contributed by atoms with Crippen molar-refractivity contribution < 1.29 is 8.42 Å². The molecule has 2 saturated carbocycles. The maximum Gasteiger partial charge on any atom is 0.241 e. The molecule has 2 fully saturated rings. The molecule has 19 heavy (non-hydrogen) atoms. The molecule has 0 unspecified atom stereocenters. The van der Waals surface area contributed by atoms with Crippen molar-refractivity contribution >= 4 is 21.4 Å². The molecule has 0 aliphatic heterocycles. The number of hydrogen-bond acceptors (Lipinski definition) is 4. The molecule has 2 aliphatic carbocycles. The fourth-order valence-electron chi connectivity index (χ4n) is 2.76. The molecule has 0 spiro atoms. The van der Waals surface area contributed by atoms with Crippen LogP contribution in [0.2, 0.25) is 0 Å². The molecule has 1 aromatic heterocycles. The third-order valence-electron chi connectivity index (χ3n) is 4.28. The Bertz CT molecular complexity index is 557. The molecule has 0 aromatic carbocycles. The van der Waals surface area contributed by atoms with Gasteiger partial charge in [-0.2, -0.15) is 0 Å². The predicted octanol–water partition coefficient (Wildman–Crippen LogP) is 1.94. The highest BCUT2D eigenvalue weighted by Gasteiger charge is 2.53. The number of hydrogen-bond donors (Lipinski definition) is 2. The molecule has 0 radical (unpaired) electrons. The minimum atomic E-state index is -3.35. The van der Waals surface area contributed by atoms with Gasteiger partial charge in [0.2, 0.25) is 10.0 Å². The van der Waals surface area contributed by atoms with E-state index in [0.717, 1.165) is 10.8 Å². The molecular formula is C13H20N2O2S2. The van der Waals surface area contributed by atoms with Crippen LogP contribution in [0.5, 0.6) is 0 Å². The summed E-state index contributed by atoms with van der Waals surface area (Å²) >= 11 is 1.49. The highest BCUT2D eigenvalue weighted by atomic mass is 32.2. The van der Waals surface area contributed by atoms with Crippen LogP contribution >= 0.6 is 11.3 Å². The topological polar surface area (TPSA) is 58.2 Å². The van der Waals surface area contributed by atoms with Crippen LogP contribution < -0.4 is 10.0 Å². The van der Waals surface area contributed by atoms with Crippen LogP contribution in [-0.4, -0.2) is 22.0 Å². The van der Waals surface area contributed by atoms with Gasteiger partial charge in [0.05, 0.1) is 4.90 Å². The van der Waals surface area contributed by atoms with Crippen molar-refractivity contribution in [3.05, 3.63) is 16.3 Å². The quantitative estimate of drug-likeness (QED) is 0.809. The van der Waals surface area contributed by atoms with E-state index in [1.807, 2.05) is 12.4 Å². The number of thiophene rings is 1. The van der Waals surface area contributed by atoms with Crippen LogP contribution in [0.4, 0.5) is 0 Å². The first-order valence-electron chi connectivity index (χ1n) is 6.78. The SMILES string of the molecule is CNCc1sccc1S(=O)(=O)NCC1(C2CC2)CC1. The monoisotopic (exact) mass is 300 g/mol. The zero-order valence-corrected chi connectivity index (χ0v) is 12.7. The summed E-state index contributed by atoms with van der Waals surface area (Å²) < 4.78 is 27.6. The number of rotatable bonds is 7. The Labute approximate surface area is 118 Å². The lowest BCUT2D eigenvalue weighted by molar-refractivity contribution is 0.432. The molecule has 4 nitrogen and oxygen atoms in total. The molecule has 0 atom stereocenters. The zero-order chi connectivity index (χ0) is 13.5. The number of sulfonamides is 1. The van der Waals surface area contributed by atoms with Gasteiger partial charge in [-0.05, 0) is 55.5 Å². The maximum absolute atomic E-state index is 12.4. The maximum atomic E-state index is 12.4. The fourth-order valence-corrected chi connectivity index (χ4v) is 5.35. The van der Waals surface area contributed by atoms with Gasteiger partial charge in [0.1, 0.15) is 0 Å². The van der Waals surface area contributed by atoms with Crippen molar-refractivity contribution in [1.82, 2.24) is 10.0 Å². The van der Waals surface area contributed by atoms with Crippen LogP contribution in [0.3, 0.4) is 0 Å². The van der Waals surface area contributed by atoms with Gasteiger partial charge in [-0.25, -0.2) is 13.1 Å². The molecule has 1 heterocycles. The van der Waals surface area contributed by atoms with Crippen LogP contribution in [0, 0.1) is 11.3 Å². The van der Waals surface area contributed by atoms with Crippen molar-refractivity contribution in [1.29, 1.82) is 0 Å². The summed E-state index contributed by atoms with van der Waals surface area (Å²) in [6.07, 6.45) is 4.94. The van der Waals surface area contributed by atoms with Gasteiger partial charge in [0.15, 0.2) is 0 Å². The summed E-state index contributed by atoms with van der Waals surface area (Å²) in [5.74, 6) is 0.773. The molecule has 6 heteroatoms. The van der Waals surface area contributed by atoms with Gasteiger partial charge in [-0.1, -0.05) is 0 Å². The first-order valence-corrected chi connectivity index (χ1v) is 9.14. The van der Waals surface area contributed by atoms with Gasteiger partial charge in [0, 0.05) is 18.0 Å². The van der Waals surface area contributed by atoms with E-state index in [1.54, 1.807) is 6.07 Å². The average Bonchev–Trinajstić information content (AvgIpc) is 3.26. The smallest absolute Gasteiger partial charge is 0.241 e. The lowest BCUT2D eigenvalue weighted by Crippen LogP contribution is -2.31. The van der Waals surface area contributed by atoms with Crippen molar-refractivity contribution in [2.24, 2.45) is 11.3 Å². The highest BCUT2D eigenvalue weighted by Crippen LogP contribution is 2.60. The van der Waals surface area contributed by atoms with Crippen LogP contribution in [0.15, 0.2) is 16.3 Å². The van der Waals surface area contributed by atoms with E-state index in [-0.39, 0.29) is 0 Å². The molecule has 0 bridgehead atoms. The van der Waals surface area contributed by atoms with E-state index in [1.165, 1.54) is 37.0 Å². The molecular weight excluding hydrogens is 280 g/mol. The predicted molar refractivity (Wildman–Crippen MR) is 76.7 cm³/mol. The Hall–Kier alpha value is -0.430. The summed E-state index contributed by atoms with van der Waals surface area (Å²) in [7, 11) is -1.52. The van der Waals surface area contributed by atoms with Crippen molar-refractivity contribution in [2.45, 2.75) is 37.1 Å². The molecule has 1 aromatic rings. The first kappa shape index (κ1) is 13.5. The Morgan fingerprint density at radius 2 is 2.16 bits per heavy atom. The summed E-state index contributed by atoms with van der Waals surface area (Å²) in [5.41, 5.74) is 0.298. The molecule has 2 aliphatic rings. The van der Waals surface area contributed by atoms with Gasteiger partial charge in [-0.3, -0.25) is 0 Å². The van der Waals surface area contributed by atoms with E-state index >= 15 is 0 Å². The minimum absolute atomic E-state index is 0.298. The molecule has 3 rings (SSSR count). The lowest BCUT2D eigenvalue weighted by Gasteiger charge is -2.15. The third-order valence-corrected chi connectivity index (χ3v) is 6.82. The van der Waals surface area contributed by atoms with E-state index in [0.29, 0.717) is 23.4 Å². The fraction of sp³-hybridized carbons (Fsp3) is 0.692. The van der Waals surface area contributed by atoms with Gasteiger partial charge in [-0.15, -0.1) is 11.3 Å². The molecule has 0 amide bonds. The highest BCUT2D eigenvalue weighted by molar-refractivity contribution is 7.89. The van der Waals surface area contributed by atoms with Crippen LogP contribution in [0.25, 0.3) is 0 Å². The lowest BCUT2D eigenvalue weighted by atomic mass is 10.0. The second-order valence-corrected chi connectivity index (χ2v) is 8.44. The van der Waals surface area contributed by atoms with Crippen LogP contribution in [-0.2, 0) is 16.6 Å². The Morgan fingerprint density at radius 1 is 1.42 bits per heavy atom. The van der Waals surface area contributed by atoms with Crippen molar-refractivity contribution in [3.8, 4) is 0 Å². The van der Waals surface area contributed by atoms with Crippen LogP contribution in [0.1, 0.15) is 30.6 Å². The second kappa shape index (κ2) is 4.84. The molecule has 2 N–H and O–H groups in total. The van der Waals surface area contributed by atoms with Crippen molar-refractivity contribution in [3.63, 3.8) is 0 Å². The Kier molecular flexibility index (Phi) is 3.45. The van der Waals surface area contributed by atoms with E-state index in [2.05, 4.69) is 10.0 Å². The van der Waals surface area contributed by atoms with Crippen molar-refractivity contribution in [2.75, 3.05) is 13.6 Å². The standard InChI is InChI=1S/C13H20N2O2S2/c1-14-8-11-12(4-7-18-11)19(16,17)15-9-13(5-6-13)10-2-3-10/h4,7,10,14-15H,2-3,5-6,8-9H2,1H3. The molecule has 0 saturated heterocycles. The van der Waals surface area contributed by atoms with E-state index in [4.69, 9.17) is 0 Å². The normalized spacial score (nSPS) is 21.5. The zero-order valence-electron chi connectivity index (χ0n) is 11.1. The molecule has 106 valence electrons. The van der Waals surface area contributed by atoms with Gasteiger partial charge < -0.3 is 5.32 Å². The van der Waals surface area contributed by atoms with Gasteiger partial charge in [0.25, 0.3) is 0 Å². The summed E-state index contributed by atoms with van der Waals surface area (Å²) in [6, 6.07) is 1.70. The summed E-state index contributed by atoms with van der Waals surface area (Å²) in [6.45, 7) is 1.22. The Morgan fingerprint density at radius 3 is 2.74 bits per heavy atom. The average molecular weight is 300 g/mol. The van der Waals surface area contributed by atoms with E-state index in [9.17, 15) is 8.42 Å². The largest absolute Gasteiger partial charge is 0.315 e. The summed E-state index contributed by atoms with van der Waals surface area (Å²) in [4.78, 5) is 1.32. The minimum Gasteiger partial charge on any atom is -0.315 e. The van der Waals surface area contributed by atoms with E-state index < -0.39 is 10.0 Å². The third kappa shape index (κ3) is 2.72. The first-order chi connectivity index (χ1) is 9.07.